The normalized spacial score (nSPS) is 12.1. The topological polar surface area (TPSA) is 30.5 Å². The number of nitrogens with one attached hydrogen (secondary N) is 1. The number of benzene rings is 1. The zero-order valence-corrected chi connectivity index (χ0v) is 13.9. The van der Waals surface area contributed by atoms with Crippen LogP contribution in [0.25, 0.3) is 0 Å². The Morgan fingerprint density at radius 3 is 2.10 bits per heavy atom. The Hall–Kier alpha value is -1.22. The van der Waals surface area contributed by atoms with Gasteiger partial charge in [-0.2, -0.15) is 0 Å². The Bertz CT molecular complexity index is 351. The molecule has 21 heavy (non-hydrogen) atoms. The van der Waals surface area contributed by atoms with Gasteiger partial charge in [0.1, 0.15) is 18.1 Å². The van der Waals surface area contributed by atoms with E-state index in [2.05, 4.69) is 26.1 Å². The van der Waals surface area contributed by atoms with Gasteiger partial charge in [-0.15, -0.1) is 0 Å². The largest absolute Gasteiger partial charge is 0.494 e. The quantitative estimate of drug-likeness (QED) is 0.579. The third-order valence-corrected chi connectivity index (χ3v) is 3.40. The van der Waals surface area contributed by atoms with Crippen LogP contribution in [0.2, 0.25) is 0 Å². The van der Waals surface area contributed by atoms with E-state index in [0.29, 0.717) is 12.6 Å². The maximum absolute atomic E-state index is 5.72. The molecule has 0 aliphatic rings. The Balaban J connectivity index is 2.12. The molecule has 3 heteroatoms. The maximum Gasteiger partial charge on any atom is 0.119 e. The lowest BCUT2D eigenvalue weighted by molar-refractivity contribution is 0.300. The van der Waals surface area contributed by atoms with Gasteiger partial charge >= 0.3 is 0 Å². The van der Waals surface area contributed by atoms with Crippen molar-refractivity contribution in [1.29, 1.82) is 0 Å². The zero-order chi connectivity index (χ0) is 15.3. The molecule has 1 N–H and O–H groups in total. The van der Waals surface area contributed by atoms with Gasteiger partial charge in [0, 0.05) is 12.6 Å². The van der Waals surface area contributed by atoms with Gasteiger partial charge < -0.3 is 14.8 Å². The summed E-state index contributed by atoms with van der Waals surface area (Å²) in [6.07, 6.45) is 6.20. The first-order valence-corrected chi connectivity index (χ1v) is 8.35. The standard InChI is InChI=1S/C18H31NO2/c1-4-6-7-8-16(3)19-13-15-21-18-11-9-17(10-12-18)20-14-5-2/h9-12,16,19H,4-8,13-15H2,1-3H3. The number of hydrogen-bond donors (Lipinski definition) is 1. The Morgan fingerprint density at radius 2 is 1.52 bits per heavy atom. The molecule has 0 amide bonds. The zero-order valence-electron chi connectivity index (χ0n) is 13.9. The van der Waals surface area contributed by atoms with E-state index < -0.39 is 0 Å². The first-order valence-electron chi connectivity index (χ1n) is 8.35. The third kappa shape index (κ3) is 8.61. The van der Waals surface area contributed by atoms with E-state index in [1.54, 1.807) is 0 Å². The van der Waals surface area contributed by atoms with Gasteiger partial charge in [0.05, 0.1) is 6.61 Å². The fraction of sp³-hybridized carbons (Fsp3) is 0.667. The van der Waals surface area contributed by atoms with Gasteiger partial charge in [0.15, 0.2) is 0 Å². The molecule has 1 aromatic rings. The molecule has 0 bridgehead atoms. The fourth-order valence-corrected chi connectivity index (χ4v) is 2.13. The summed E-state index contributed by atoms with van der Waals surface area (Å²) in [6.45, 7) is 8.95. The molecule has 0 radical (unpaired) electrons. The highest BCUT2D eigenvalue weighted by Crippen LogP contribution is 2.17. The van der Waals surface area contributed by atoms with E-state index in [0.717, 1.165) is 31.1 Å². The van der Waals surface area contributed by atoms with Crippen LogP contribution in [-0.4, -0.2) is 25.8 Å². The number of unbranched alkanes of at least 4 members (excludes halogenated alkanes) is 2. The summed E-state index contributed by atoms with van der Waals surface area (Å²) in [5.41, 5.74) is 0. The van der Waals surface area contributed by atoms with Crippen molar-refractivity contribution in [3.05, 3.63) is 24.3 Å². The molecule has 0 aromatic heterocycles. The molecule has 120 valence electrons. The van der Waals surface area contributed by atoms with Crippen LogP contribution in [0.4, 0.5) is 0 Å². The molecule has 0 saturated carbocycles. The van der Waals surface area contributed by atoms with Crippen molar-refractivity contribution in [3.63, 3.8) is 0 Å². The second kappa shape index (κ2) is 11.4. The summed E-state index contributed by atoms with van der Waals surface area (Å²) in [5, 5.41) is 3.50. The fourth-order valence-electron chi connectivity index (χ4n) is 2.13. The molecule has 0 heterocycles. The van der Waals surface area contributed by atoms with Crippen molar-refractivity contribution < 1.29 is 9.47 Å². The molecule has 1 atom stereocenters. The number of rotatable bonds is 12. The molecular weight excluding hydrogens is 262 g/mol. The van der Waals surface area contributed by atoms with E-state index in [-0.39, 0.29) is 0 Å². The SMILES string of the molecule is CCCCCC(C)NCCOc1ccc(OCCC)cc1. The van der Waals surface area contributed by atoms with Crippen molar-refractivity contribution in [2.45, 2.75) is 58.9 Å². The van der Waals surface area contributed by atoms with Gasteiger partial charge in [-0.25, -0.2) is 0 Å². The highest BCUT2D eigenvalue weighted by molar-refractivity contribution is 5.31. The summed E-state index contributed by atoms with van der Waals surface area (Å²) >= 11 is 0. The summed E-state index contributed by atoms with van der Waals surface area (Å²) < 4.78 is 11.3. The molecule has 1 unspecified atom stereocenters. The molecule has 3 nitrogen and oxygen atoms in total. The first kappa shape index (κ1) is 17.8. The predicted molar refractivity (Wildman–Crippen MR) is 89.3 cm³/mol. The lowest BCUT2D eigenvalue weighted by Crippen LogP contribution is -2.30. The van der Waals surface area contributed by atoms with Crippen LogP contribution >= 0.6 is 0 Å². The summed E-state index contributed by atoms with van der Waals surface area (Å²) in [6, 6.07) is 8.44. The van der Waals surface area contributed by atoms with E-state index in [9.17, 15) is 0 Å². The smallest absolute Gasteiger partial charge is 0.119 e. The van der Waals surface area contributed by atoms with Crippen LogP contribution in [0.1, 0.15) is 52.9 Å². The van der Waals surface area contributed by atoms with Crippen molar-refractivity contribution >= 4 is 0 Å². The molecule has 0 spiro atoms. The Morgan fingerprint density at radius 1 is 0.905 bits per heavy atom. The van der Waals surface area contributed by atoms with Crippen molar-refractivity contribution in [2.24, 2.45) is 0 Å². The Kier molecular flexibility index (Phi) is 9.71. The second-order valence-electron chi connectivity index (χ2n) is 5.52. The van der Waals surface area contributed by atoms with Crippen LogP contribution in [-0.2, 0) is 0 Å². The lowest BCUT2D eigenvalue weighted by Gasteiger charge is -2.14. The van der Waals surface area contributed by atoms with Crippen LogP contribution < -0.4 is 14.8 Å². The minimum Gasteiger partial charge on any atom is -0.494 e. The average molecular weight is 293 g/mol. The minimum absolute atomic E-state index is 0.574. The molecule has 0 aliphatic carbocycles. The van der Waals surface area contributed by atoms with Gasteiger partial charge in [-0.05, 0) is 44.0 Å². The average Bonchev–Trinajstić information content (AvgIpc) is 2.51. The second-order valence-corrected chi connectivity index (χ2v) is 5.52. The van der Waals surface area contributed by atoms with Crippen LogP contribution in [0.5, 0.6) is 11.5 Å². The maximum atomic E-state index is 5.72. The number of hydrogen-bond acceptors (Lipinski definition) is 3. The molecule has 0 saturated heterocycles. The first-order chi connectivity index (χ1) is 10.3. The minimum atomic E-state index is 0.574. The van der Waals surface area contributed by atoms with Crippen molar-refractivity contribution in [1.82, 2.24) is 5.32 Å². The van der Waals surface area contributed by atoms with Crippen molar-refractivity contribution in [3.8, 4) is 11.5 Å². The highest BCUT2D eigenvalue weighted by atomic mass is 16.5. The Labute approximate surface area is 130 Å². The summed E-state index contributed by atoms with van der Waals surface area (Å²) in [4.78, 5) is 0. The lowest BCUT2D eigenvalue weighted by atomic mass is 10.1. The monoisotopic (exact) mass is 293 g/mol. The van der Waals surface area contributed by atoms with E-state index in [1.165, 1.54) is 25.7 Å². The van der Waals surface area contributed by atoms with Gasteiger partial charge in [0.2, 0.25) is 0 Å². The summed E-state index contributed by atoms with van der Waals surface area (Å²) in [5.74, 6) is 1.81. The third-order valence-electron chi connectivity index (χ3n) is 3.40. The molecule has 0 fully saturated rings. The van der Waals surface area contributed by atoms with Gasteiger partial charge in [-0.1, -0.05) is 33.1 Å². The van der Waals surface area contributed by atoms with E-state index >= 15 is 0 Å². The number of ether oxygens (including phenoxy) is 2. The molecule has 1 rings (SSSR count). The molecular formula is C18H31NO2. The van der Waals surface area contributed by atoms with Gasteiger partial charge in [0.25, 0.3) is 0 Å². The molecule has 1 aromatic carbocycles. The van der Waals surface area contributed by atoms with Crippen molar-refractivity contribution in [2.75, 3.05) is 19.8 Å². The van der Waals surface area contributed by atoms with E-state index in [1.807, 2.05) is 24.3 Å². The predicted octanol–water partition coefficient (Wildman–Crippen LogP) is 4.41. The van der Waals surface area contributed by atoms with Gasteiger partial charge in [-0.3, -0.25) is 0 Å². The molecule has 0 aliphatic heterocycles. The highest BCUT2D eigenvalue weighted by Gasteiger charge is 2.01. The van der Waals surface area contributed by atoms with Crippen LogP contribution in [0.15, 0.2) is 24.3 Å². The van der Waals surface area contributed by atoms with Crippen LogP contribution in [0.3, 0.4) is 0 Å². The summed E-state index contributed by atoms with van der Waals surface area (Å²) in [7, 11) is 0. The van der Waals surface area contributed by atoms with E-state index in [4.69, 9.17) is 9.47 Å². The van der Waals surface area contributed by atoms with Crippen LogP contribution in [0, 0.1) is 0 Å².